The van der Waals surface area contributed by atoms with E-state index in [1.54, 1.807) is 4.52 Å². The molecule has 0 atom stereocenters. The van der Waals surface area contributed by atoms with Gasteiger partial charge in [-0.25, -0.2) is 14.5 Å². The lowest BCUT2D eigenvalue weighted by molar-refractivity contribution is 0.960. The number of rotatable bonds is 5. The number of nitrogens with two attached hydrogens (primary N) is 1. The molecule has 0 fully saturated rings. The molecule has 0 amide bonds. The Balaban J connectivity index is 1.56. The van der Waals surface area contributed by atoms with Gasteiger partial charge in [0.2, 0.25) is 0 Å². The Bertz CT molecular complexity index is 1330. The maximum Gasteiger partial charge on any atom is 0.155 e. The van der Waals surface area contributed by atoms with Gasteiger partial charge in [0.15, 0.2) is 5.65 Å². The fraction of sp³-hybridized carbons (Fsp3) is 0.0909. The van der Waals surface area contributed by atoms with Crippen molar-refractivity contribution in [1.29, 1.82) is 0 Å². The number of fused-ring (bicyclic) bond motifs is 1. The number of nitrogen functional groups attached to an aromatic ring is 1. The summed E-state index contributed by atoms with van der Waals surface area (Å²) in [5, 5.41) is 7.58. The van der Waals surface area contributed by atoms with Crippen LogP contribution in [-0.4, -0.2) is 29.5 Å². The number of hydrogen-bond donors (Lipinski definition) is 3. The minimum absolute atomic E-state index is 0.499. The van der Waals surface area contributed by atoms with Crippen molar-refractivity contribution in [2.24, 2.45) is 0 Å². The third-order valence-corrected chi connectivity index (χ3v) is 4.85. The molecular weight excluding hydrogens is 376 g/mol. The zero-order chi connectivity index (χ0) is 20.5. The Kier molecular flexibility index (Phi) is 4.36. The molecular formula is C22H20N8. The van der Waals surface area contributed by atoms with Crippen molar-refractivity contribution in [2.75, 3.05) is 11.1 Å². The van der Waals surface area contributed by atoms with E-state index in [2.05, 4.69) is 25.4 Å². The molecule has 4 heterocycles. The first-order chi connectivity index (χ1) is 14.7. The van der Waals surface area contributed by atoms with Gasteiger partial charge in [-0.15, -0.1) is 0 Å². The largest absolute Gasteiger partial charge is 0.397 e. The second kappa shape index (κ2) is 7.32. The van der Waals surface area contributed by atoms with Crippen LogP contribution in [0.15, 0.2) is 67.1 Å². The lowest BCUT2D eigenvalue weighted by Gasteiger charge is -2.07. The first-order valence-electron chi connectivity index (χ1n) is 9.58. The molecule has 0 saturated carbocycles. The molecule has 30 heavy (non-hydrogen) atoms. The fourth-order valence-electron chi connectivity index (χ4n) is 3.38. The molecule has 8 heteroatoms. The molecule has 8 nitrogen and oxygen atoms in total. The van der Waals surface area contributed by atoms with E-state index in [1.807, 2.05) is 67.7 Å². The van der Waals surface area contributed by atoms with Crippen molar-refractivity contribution in [1.82, 2.24) is 29.5 Å². The zero-order valence-corrected chi connectivity index (χ0v) is 16.4. The van der Waals surface area contributed by atoms with Gasteiger partial charge >= 0.3 is 0 Å². The van der Waals surface area contributed by atoms with E-state index in [9.17, 15) is 0 Å². The highest BCUT2D eigenvalue weighted by molar-refractivity contribution is 5.77. The topological polar surface area (TPSA) is 110 Å². The van der Waals surface area contributed by atoms with Gasteiger partial charge in [0, 0.05) is 17.5 Å². The Morgan fingerprint density at radius 2 is 1.93 bits per heavy atom. The van der Waals surface area contributed by atoms with Crippen LogP contribution in [0.2, 0.25) is 0 Å². The smallest absolute Gasteiger partial charge is 0.155 e. The van der Waals surface area contributed by atoms with Gasteiger partial charge in [-0.3, -0.25) is 4.98 Å². The number of aryl methyl sites for hydroxylation is 1. The van der Waals surface area contributed by atoms with Crippen molar-refractivity contribution in [3.05, 3.63) is 78.6 Å². The van der Waals surface area contributed by atoms with Crippen molar-refractivity contribution in [3.63, 3.8) is 0 Å². The highest BCUT2D eigenvalue weighted by Crippen LogP contribution is 2.30. The van der Waals surface area contributed by atoms with E-state index in [0.717, 1.165) is 45.5 Å². The molecule has 0 aliphatic carbocycles. The van der Waals surface area contributed by atoms with Gasteiger partial charge in [-0.2, -0.15) is 5.10 Å². The van der Waals surface area contributed by atoms with Crippen molar-refractivity contribution < 1.29 is 0 Å². The summed E-state index contributed by atoms with van der Waals surface area (Å²) in [6, 6.07) is 17.5. The number of nitrogens with one attached hydrogen (secondary N) is 2. The van der Waals surface area contributed by atoms with Crippen LogP contribution >= 0.6 is 0 Å². The maximum atomic E-state index is 6.04. The van der Waals surface area contributed by atoms with Crippen molar-refractivity contribution in [2.45, 2.75) is 13.5 Å². The number of imidazole rings is 1. The lowest BCUT2D eigenvalue weighted by Crippen LogP contribution is -2.03. The molecule has 1 aromatic carbocycles. The lowest BCUT2D eigenvalue weighted by atomic mass is 10.1. The number of nitrogens with zero attached hydrogens (tertiary/aromatic N) is 5. The van der Waals surface area contributed by atoms with Crippen LogP contribution in [0.1, 0.15) is 11.5 Å². The van der Waals surface area contributed by atoms with Crippen LogP contribution in [0, 0.1) is 6.92 Å². The predicted octanol–water partition coefficient (Wildman–Crippen LogP) is 3.68. The average molecular weight is 396 g/mol. The van der Waals surface area contributed by atoms with E-state index >= 15 is 0 Å². The van der Waals surface area contributed by atoms with Crippen LogP contribution in [0.25, 0.3) is 28.3 Å². The molecule has 0 aliphatic rings. The highest BCUT2D eigenvalue weighted by Gasteiger charge is 2.16. The summed E-state index contributed by atoms with van der Waals surface area (Å²) in [6.45, 7) is 2.47. The zero-order valence-electron chi connectivity index (χ0n) is 16.4. The van der Waals surface area contributed by atoms with Gasteiger partial charge in [0.05, 0.1) is 35.0 Å². The molecule has 5 rings (SSSR count). The summed E-state index contributed by atoms with van der Waals surface area (Å²) in [5.41, 5.74) is 12.8. The summed E-state index contributed by atoms with van der Waals surface area (Å²) in [7, 11) is 0. The number of H-pyrrole nitrogens is 1. The number of pyridine rings is 2. The first kappa shape index (κ1) is 17.9. The second-order valence-corrected chi connectivity index (χ2v) is 6.99. The van der Waals surface area contributed by atoms with Crippen LogP contribution in [0.5, 0.6) is 0 Å². The summed E-state index contributed by atoms with van der Waals surface area (Å²) < 4.78 is 1.74. The molecule has 0 bridgehead atoms. The SMILES string of the molecule is Cc1cccc(-c2[nH]c(CNc3ccccc3N)nc2-c2ccc3ncnn3c2)n1. The summed E-state index contributed by atoms with van der Waals surface area (Å²) in [4.78, 5) is 17.2. The number of aromatic nitrogens is 6. The van der Waals surface area contributed by atoms with Gasteiger partial charge < -0.3 is 16.0 Å². The first-order valence-corrected chi connectivity index (χ1v) is 9.58. The fourth-order valence-corrected chi connectivity index (χ4v) is 3.38. The summed E-state index contributed by atoms with van der Waals surface area (Å²) >= 11 is 0. The molecule has 0 saturated heterocycles. The second-order valence-electron chi connectivity index (χ2n) is 6.99. The van der Waals surface area contributed by atoms with E-state index < -0.39 is 0 Å². The Hall–Kier alpha value is -4.20. The van der Waals surface area contributed by atoms with Crippen LogP contribution in [0.3, 0.4) is 0 Å². The standard InChI is InChI=1S/C22H20N8/c1-14-5-4-8-18(27-14)22-21(15-9-10-20-25-13-26-30(20)12-15)28-19(29-22)11-24-17-7-3-2-6-16(17)23/h2-10,12-13,24H,11,23H2,1H3,(H,28,29). The van der Waals surface area contributed by atoms with Gasteiger partial charge in [-0.1, -0.05) is 18.2 Å². The number of hydrogen-bond acceptors (Lipinski definition) is 6. The third-order valence-electron chi connectivity index (χ3n) is 4.85. The summed E-state index contributed by atoms with van der Waals surface area (Å²) in [6.07, 6.45) is 3.45. The highest BCUT2D eigenvalue weighted by atomic mass is 15.3. The van der Waals surface area contributed by atoms with Crippen LogP contribution in [-0.2, 0) is 6.54 Å². The van der Waals surface area contributed by atoms with Gasteiger partial charge in [-0.05, 0) is 43.3 Å². The van der Waals surface area contributed by atoms with E-state index in [1.165, 1.54) is 6.33 Å². The summed E-state index contributed by atoms with van der Waals surface area (Å²) in [5.74, 6) is 0.783. The van der Waals surface area contributed by atoms with Crippen molar-refractivity contribution >= 4 is 17.0 Å². The van der Waals surface area contributed by atoms with E-state index in [0.29, 0.717) is 12.2 Å². The number of anilines is 2. The third kappa shape index (κ3) is 3.35. The number of aromatic amines is 1. The van der Waals surface area contributed by atoms with E-state index in [4.69, 9.17) is 10.7 Å². The number of para-hydroxylation sites is 2. The Morgan fingerprint density at radius 3 is 2.80 bits per heavy atom. The van der Waals surface area contributed by atoms with Gasteiger partial charge in [0.1, 0.15) is 12.2 Å². The molecule has 4 N–H and O–H groups in total. The molecule has 148 valence electrons. The molecule has 0 spiro atoms. The number of benzene rings is 1. The Labute approximate surface area is 172 Å². The molecule has 0 aliphatic heterocycles. The normalized spacial score (nSPS) is 11.1. The Morgan fingerprint density at radius 1 is 1.03 bits per heavy atom. The molecule has 0 radical (unpaired) electrons. The predicted molar refractivity (Wildman–Crippen MR) is 117 cm³/mol. The minimum atomic E-state index is 0.499. The maximum absolute atomic E-state index is 6.04. The quantitative estimate of drug-likeness (QED) is 0.391. The average Bonchev–Trinajstić information content (AvgIpc) is 3.39. The van der Waals surface area contributed by atoms with Gasteiger partial charge in [0.25, 0.3) is 0 Å². The minimum Gasteiger partial charge on any atom is -0.397 e. The molecule has 4 aromatic heterocycles. The van der Waals surface area contributed by atoms with E-state index in [-0.39, 0.29) is 0 Å². The monoisotopic (exact) mass is 396 g/mol. The van der Waals surface area contributed by atoms with Crippen LogP contribution < -0.4 is 11.1 Å². The van der Waals surface area contributed by atoms with Crippen LogP contribution in [0.4, 0.5) is 11.4 Å². The molecule has 0 unspecified atom stereocenters. The van der Waals surface area contributed by atoms with Crippen molar-refractivity contribution in [3.8, 4) is 22.6 Å². The molecule has 5 aromatic rings.